The van der Waals surface area contributed by atoms with E-state index in [0.29, 0.717) is 6.54 Å². The van der Waals surface area contributed by atoms with E-state index in [-0.39, 0.29) is 17.9 Å². The van der Waals surface area contributed by atoms with Crippen LogP contribution < -0.4 is 15.8 Å². The maximum absolute atomic E-state index is 11.2. The molecule has 1 rings (SSSR count). The zero-order valence-electron chi connectivity index (χ0n) is 10.9. The molecular weight excluding hydrogens is 296 g/mol. The topological polar surface area (TPSA) is 64.3 Å². The second kappa shape index (κ2) is 6.20. The van der Waals surface area contributed by atoms with Crippen molar-refractivity contribution in [3.63, 3.8) is 0 Å². The molecule has 0 saturated carbocycles. The summed E-state index contributed by atoms with van der Waals surface area (Å²) in [7, 11) is 1.64. The number of ether oxygens (including phenoxy) is 1. The number of hydrogen-bond acceptors (Lipinski definition) is 3. The highest BCUT2D eigenvalue weighted by Gasteiger charge is 2.25. The second-order valence-electron chi connectivity index (χ2n) is 4.71. The number of amides is 1. The summed E-state index contributed by atoms with van der Waals surface area (Å²) >= 11 is 3.45. The van der Waals surface area contributed by atoms with Gasteiger partial charge in [0.15, 0.2) is 0 Å². The van der Waals surface area contributed by atoms with Crippen molar-refractivity contribution in [3.8, 4) is 5.75 Å². The number of rotatable bonds is 5. The Bertz CT molecular complexity index is 433. The van der Waals surface area contributed by atoms with Crippen molar-refractivity contribution in [3.05, 3.63) is 28.2 Å². The van der Waals surface area contributed by atoms with Crippen LogP contribution in [0.1, 0.15) is 19.4 Å². The zero-order valence-corrected chi connectivity index (χ0v) is 12.5. The van der Waals surface area contributed by atoms with E-state index in [2.05, 4.69) is 21.2 Å². The first kappa shape index (κ1) is 15.0. The molecule has 0 aliphatic rings. The Kier molecular flexibility index (Phi) is 5.16. The van der Waals surface area contributed by atoms with Crippen molar-refractivity contribution in [2.45, 2.75) is 19.3 Å². The molecule has 0 aliphatic carbocycles. The van der Waals surface area contributed by atoms with Crippen LogP contribution in [-0.4, -0.2) is 26.1 Å². The molecule has 4 nitrogen and oxygen atoms in total. The Morgan fingerprint density at radius 2 is 2.17 bits per heavy atom. The fourth-order valence-corrected chi connectivity index (χ4v) is 2.06. The van der Waals surface area contributed by atoms with Gasteiger partial charge >= 0.3 is 0 Å². The van der Waals surface area contributed by atoms with Gasteiger partial charge in [-0.15, -0.1) is 0 Å². The summed E-state index contributed by atoms with van der Waals surface area (Å²) in [5.74, 6) is 0.655. The van der Waals surface area contributed by atoms with Crippen LogP contribution in [-0.2, 0) is 10.2 Å². The predicted molar refractivity (Wildman–Crippen MR) is 75.8 cm³/mol. The molecule has 5 heteroatoms. The lowest BCUT2D eigenvalue weighted by Gasteiger charge is -2.27. The molecule has 0 fully saturated rings. The van der Waals surface area contributed by atoms with Crippen LogP contribution >= 0.6 is 15.9 Å². The molecule has 0 spiro atoms. The number of carbonyl (C=O) groups is 1. The van der Waals surface area contributed by atoms with Gasteiger partial charge in [-0.1, -0.05) is 29.8 Å². The molecule has 1 amide bonds. The summed E-state index contributed by atoms with van der Waals surface area (Å²) in [6.45, 7) is 4.61. The van der Waals surface area contributed by atoms with Crippen LogP contribution in [0.3, 0.4) is 0 Å². The average Bonchev–Trinajstić information content (AvgIpc) is 2.36. The summed E-state index contributed by atoms with van der Waals surface area (Å²) < 4.78 is 6.34. The summed E-state index contributed by atoms with van der Waals surface area (Å²) in [4.78, 5) is 11.2. The second-order valence-corrected chi connectivity index (χ2v) is 5.63. The fourth-order valence-electron chi connectivity index (χ4n) is 1.70. The number of halogens is 1. The Labute approximate surface area is 116 Å². The summed E-state index contributed by atoms with van der Waals surface area (Å²) in [6.07, 6.45) is 0. The van der Waals surface area contributed by atoms with Crippen molar-refractivity contribution < 1.29 is 9.53 Å². The molecule has 3 N–H and O–H groups in total. The third-order valence-corrected chi connectivity index (χ3v) is 3.30. The maximum Gasteiger partial charge on any atom is 0.233 e. The first-order chi connectivity index (χ1) is 8.40. The van der Waals surface area contributed by atoms with Gasteiger partial charge in [-0.2, -0.15) is 0 Å². The Morgan fingerprint density at radius 1 is 1.50 bits per heavy atom. The Morgan fingerprint density at radius 3 is 2.72 bits per heavy atom. The minimum Gasteiger partial charge on any atom is -0.496 e. The molecule has 0 aliphatic heterocycles. The number of methoxy groups -OCH3 is 1. The van der Waals surface area contributed by atoms with Crippen molar-refractivity contribution in [2.24, 2.45) is 5.73 Å². The minimum atomic E-state index is -0.236. The van der Waals surface area contributed by atoms with E-state index in [4.69, 9.17) is 10.5 Å². The van der Waals surface area contributed by atoms with E-state index < -0.39 is 0 Å². The molecule has 0 radical (unpaired) electrons. The van der Waals surface area contributed by atoms with Gasteiger partial charge in [-0.25, -0.2) is 0 Å². The van der Waals surface area contributed by atoms with E-state index in [1.807, 2.05) is 32.0 Å². The van der Waals surface area contributed by atoms with Crippen LogP contribution in [0.5, 0.6) is 5.75 Å². The normalized spacial score (nSPS) is 11.2. The largest absolute Gasteiger partial charge is 0.496 e. The van der Waals surface area contributed by atoms with Gasteiger partial charge in [0.2, 0.25) is 5.91 Å². The van der Waals surface area contributed by atoms with Crippen molar-refractivity contribution in [1.82, 2.24) is 5.32 Å². The van der Waals surface area contributed by atoms with Gasteiger partial charge in [0.25, 0.3) is 0 Å². The number of hydrogen-bond donors (Lipinski definition) is 2. The molecule has 100 valence electrons. The third kappa shape index (κ3) is 3.71. The van der Waals surface area contributed by atoms with Crippen LogP contribution in [0, 0.1) is 0 Å². The van der Waals surface area contributed by atoms with Gasteiger partial charge in [-0.05, 0) is 18.2 Å². The predicted octanol–water partition coefficient (Wildman–Crippen LogP) is 1.81. The molecule has 0 atom stereocenters. The Balaban J connectivity index is 2.95. The van der Waals surface area contributed by atoms with E-state index in [1.165, 1.54) is 0 Å². The first-order valence-corrected chi connectivity index (χ1v) is 6.51. The van der Waals surface area contributed by atoms with Gasteiger partial charge in [-0.3, -0.25) is 4.79 Å². The number of benzene rings is 1. The monoisotopic (exact) mass is 314 g/mol. The third-order valence-electron chi connectivity index (χ3n) is 2.80. The molecule has 0 saturated heterocycles. The molecule has 0 unspecified atom stereocenters. The Hall–Kier alpha value is -1.07. The van der Waals surface area contributed by atoms with Crippen molar-refractivity contribution in [2.75, 3.05) is 20.2 Å². The molecule has 0 bridgehead atoms. The van der Waals surface area contributed by atoms with E-state index in [0.717, 1.165) is 15.8 Å². The highest BCUT2D eigenvalue weighted by atomic mass is 79.9. The number of nitrogens with two attached hydrogens (primary N) is 1. The zero-order chi connectivity index (χ0) is 13.8. The smallest absolute Gasteiger partial charge is 0.233 e. The SMILES string of the molecule is COc1ccc(Br)cc1C(C)(C)CNC(=O)CN. The highest BCUT2D eigenvalue weighted by Crippen LogP contribution is 2.33. The lowest BCUT2D eigenvalue weighted by Crippen LogP contribution is -2.39. The van der Waals surface area contributed by atoms with Gasteiger partial charge in [0.1, 0.15) is 5.75 Å². The fraction of sp³-hybridized carbons (Fsp3) is 0.462. The number of nitrogens with one attached hydrogen (secondary N) is 1. The van der Waals surface area contributed by atoms with Crippen LogP contribution in [0.15, 0.2) is 22.7 Å². The van der Waals surface area contributed by atoms with Gasteiger partial charge < -0.3 is 15.8 Å². The standard InChI is InChI=1S/C13H19BrN2O2/c1-13(2,8-16-12(17)7-15)10-6-9(14)4-5-11(10)18-3/h4-6H,7-8,15H2,1-3H3,(H,16,17). The molecule has 0 aromatic heterocycles. The minimum absolute atomic E-state index is 0.00565. The molecule has 18 heavy (non-hydrogen) atoms. The van der Waals surface area contributed by atoms with Crippen LogP contribution in [0.4, 0.5) is 0 Å². The maximum atomic E-state index is 11.2. The summed E-state index contributed by atoms with van der Waals surface area (Å²) in [5.41, 5.74) is 6.08. The van der Waals surface area contributed by atoms with Crippen molar-refractivity contribution in [1.29, 1.82) is 0 Å². The summed E-state index contributed by atoms with van der Waals surface area (Å²) in [5, 5.41) is 2.81. The number of carbonyl (C=O) groups excluding carboxylic acids is 1. The van der Waals surface area contributed by atoms with Gasteiger partial charge in [0, 0.05) is 22.0 Å². The van der Waals surface area contributed by atoms with E-state index in [1.54, 1.807) is 7.11 Å². The lowest BCUT2D eigenvalue weighted by atomic mass is 9.84. The van der Waals surface area contributed by atoms with E-state index >= 15 is 0 Å². The van der Waals surface area contributed by atoms with Gasteiger partial charge in [0.05, 0.1) is 13.7 Å². The highest BCUT2D eigenvalue weighted by molar-refractivity contribution is 9.10. The molecule has 1 aromatic rings. The molecule has 0 heterocycles. The summed E-state index contributed by atoms with van der Waals surface area (Å²) in [6, 6.07) is 5.84. The quantitative estimate of drug-likeness (QED) is 0.871. The van der Waals surface area contributed by atoms with Crippen molar-refractivity contribution >= 4 is 21.8 Å². The van der Waals surface area contributed by atoms with Crippen LogP contribution in [0.2, 0.25) is 0 Å². The lowest BCUT2D eigenvalue weighted by molar-refractivity contribution is -0.119. The van der Waals surface area contributed by atoms with E-state index in [9.17, 15) is 4.79 Å². The molecular formula is C13H19BrN2O2. The molecule has 1 aromatic carbocycles. The first-order valence-electron chi connectivity index (χ1n) is 5.71. The average molecular weight is 315 g/mol. The van der Waals surface area contributed by atoms with Crippen LogP contribution in [0.25, 0.3) is 0 Å².